The van der Waals surface area contributed by atoms with E-state index in [-0.39, 0.29) is 17.4 Å². The van der Waals surface area contributed by atoms with Gasteiger partial charge in [0, 0.05) is 17.8 Å². The van der Waals surface area contributed by atoms with E-state index in [4.69, 9.17) is 5.11 Å². The zero-order valence-electron chi connectivity index (χ0n) is 20.5. The second-order valence-corrected chi connectivity index (χ2v) is 8.90. The standard InChI is InChI=1S/C25H42O7/c1-9-13(2)20(26)14(3)10-15(4)21(27)16(5)11-17(6)22(28)18(7)12-19(8)23(29)24(30)25(31)32/h9-12,14,16,18,20-24,26-30H,1-8H3,(H,31,32)/b13-9+,15-10+,17-11+,19-12+/t14-,16+,18+,20-,21+,22+,23+,24+/m1/s1. The number of carbonyl (C=O) groups is 1. The molecule has 0 saturated carbocycles. The molecule has 0 unspecified atom stereocenters. The molecule has 7 heteroatoms. The molecule has 0 radical (unpaired) electrons. The number of carboxylic acids is 1. The van der Waals surface area contributed by atoms with Crippen LogP contribution in [-0.2, 0) is 4.79 Å². The summed E-state index contributed by atoms with van der Waals surface area (Å²) in [5.41, 5.74) is 2.45. The number of carboxylic acid groups (broad SMARTS) is 1. The van der Waals surface area contributed by atoms with Crippen LogP contribution in [0.4, 0.5) is 0 Å². The van der Waals surface area contributed by atoms with Crippen molar-refractivity contribution in [2.24, 2.45) is 17.8 Å². The summed E-state index contributed by atoms with van der Waals surface area (Å²) in [5.74, 6) is -2.44. The van der Waals surface area contributed by atoms with Gasteiger partial charge in [0.25, 0.3) is 0 Å². The van der Waals surface area contributed by atoms with Gasteiger partial charge in [0.1, 0.15) is 6.10 Å². The first-order chi connectivity index (χ1) is 14.6. The number of allylic oxidation sites excluding steroid dienone is 1. The van der Waals surface area contributed by atoms with E-state index in [2.05, 4.69) is 0 Å². The lowest BCUT2D eigenvalue weighted by atomic mass is 9.88. The van der Waals surface area contributed by atoms with Crippen molar-refractivity contribution in [3.05, 3.63) is 46.6 Å². The lowest BCUT2D eigenvalue weighted by Crippen LogP contribution is -2.35. The summed E-state index contributed by atoms with van der Waals surface area (Å²) in [6, 6.07) is 0. The fraction of sp³-hybridized carbons (Fsp3) is 0.640. The predicted octanol–water partition coefficient (Wildman–Crippen LogP) is 2.59. The first-order valence-corrected chi connectivity index (χ1v) is 11.0. The molecule has 0 aromatic rings. The Morgan fingerprint density at radius 2 is 0.844 bits per heavy atom. The van der Waals surface area contributed by atoms with Gasteiger partial charge in [-0.1, -0.05) is 45.1 Å². The molecule has 8 atom stereocenters. The lowest BCUT2D eigenvalue weighted by Gasteiger charge is -2.24. The summed E-state index contributed by atoms with van der Waals surface area (Å²) in [5, 5.41) is 59.8. The minimum absolute atomic E-state index is 0.163. The SMILES string of the molecule is C/C=C(\C)[C@@H](O)[C@H](C)/C=C(\C)[C@H](O)[C@@H](C)/C=C(\C)[C@H](O)[C@@H](C)/C=C(\C)[C@H](O)[C@H](O)C(=O)O. The third kappa shape index (κ3) is 9.00. The van der Waals surface area contributed by atoms with Gasteiger partial charge >= 0.3 is 5.97 Å². The summed E-state index contributed by atoms with van der Waals surface area (Å²) in [6.45, 7) is 14.2. The van der Waals surface area contributed by atoms with E-state index in [1.807, 2.05) is 39.8 Å². The molecule has 32 heavy (non-hydrogen) atoms. The van der Waals surface area contributed by atoms with Crippen molar-refractivity contribution in [1.82, 2.24) is 0 Å². The highest BCUT2D eigenvalue weighted by atomic mass is 16.4. The summed E-state index contributed by atoms with van der Waals surface area (Å²) in [7, 11) is 0. The molecule has 0 spiro atoms. The summed E-state index contributed by atoms with van der Waals surface area (Å²) < 4.78 is 0. The first kappa shape index (κ1) is 30.2. The van der Waals surface area contributed by atoms with Crippen LogP contribution in [0.5, 0.6) is 0 Å². The zero-order valence-corrected chi connectivity index (χ0v) is 20.5. The molecule has 0 aromatic heterocycles. The molecule has 0 heterocycles. The van der Waals surface area contributed by atoms with Crippen molar-refractivity contribution in [2.45, 2.75) is 85.9 Å². The number of aliphatic carboxylic acids is 1. The Labute approximate surface area is 192 Å². The molecule has 184 valence electrons. The van der Waals surface area contributed by atoms with E-state index in [0.29, 0.717) is 5.57 Å². The molecule has 7 nitrogen and oxygen atoms in total. The van der Waals surface area contributed by atoms with Gasteiger partial charge in [0.15, 0.2) is 6.10 Å². The van der Waals surface area contributed by atoms with Crippen LogP contribution in [0.2, 0.25) is 0 Å². The van der Waals surface area contributed by atoms with Gasteiger partial charge in [0.2, 0.25) is 0 Å². The normalized spacial score (nSPS) is 21.9. The van der Waals surface area contributed by atoms with Crippen molar-refractivity contribution in [2.75, 3.05) is 0 Å². The molecule has 0 bridgehead atoms. The fourth-order valence-corrected chi connectivity index (χ4v) is 3.61. The van der Waals surface area contributed by atoms with Crippen molar-refractivity contribution in [3.8, 4) is 0 Å². The van der Waals surface area contributed by atoms with Crippen molar-refractivity contribution in [3.63, 3.8) is 0 Å². The zero-order chi connectivity index (χ0) is 25.3. The second-order valence-electron chi connectivity index (χ2n) is 8.90. The van der Waals surface area contributed by atoms with Crippen LogP contribution in [0.25, 0.3) is 0 Å². The van der Waals surface area contributed by atoms with E-state index in [9.17, 15) is 30.3 Å². The minimum atomic E-state index is -1.94. The molecule has 0 aromatic carbocycles. The Balaban J connectivity index is 5.35. The molecule has 0 rings (SSSR count). The third-order valence-electron chi connectivity index (χ3n) is 5.94. The Kier molecular flexibility index (Phi) is 12.9. The summed E-state index contributed by atoms with van der Waals surface area (Å²) in [6.07, 6.45) is 1.16. The maximum atomic E-state index is 10.8. The molecule has 0 saturated heterocycles. The Hall–Kier alpha value is -1.77. The topological polar surface area (TPSA) is 138 Å². The van der Waals surface area contributed by atoms with Gasteiger partial charge in [-0.05, 0) is 56.9 Å². The van der Waals surface area contributed by atoms with E-state index >= 15 is 0 Å². The molecule has 0 aliphatic heterocycles. The lowest BCUT2D eigenvalue weighted by molar-refractivity contribution is -0.151. The van der Waals surface area contributed by atoms with Crippen LogP contribution >= 0.6 is 0 Å². The highest BCUT2D eigenvalue weighted by Gasteiger charge is 2.26. The highest BCUT2D eigenvalue weighted by Crippen LogP contribution is 2.23. The Bertz CT molecular complexity index is 735. The van der Waals surface area contributed by atoms with Gasteiger partial charge < -0.3 is 30.6 Å². The number of aliphatic hydroxyl groups is 5. The van der Waals surface area contributed by atoms with Gasteiger partial charge in [0.05, 0.1) is 18.3 Å². The van der Waals surface area contributed by atoms with Gasteiger partial charge in [-0.3, -0.25) is 0 Å². The molecule has 6 N–H and O–H groups in total. The average Bonchev–Trinajstić information content (AvgIpc) is 2.74. The largest absolute Gasteiger partial charge is 0.479 e. The van der Waals surface area contributed by atoms with Crippen LogP contribution in [0.15, 0.2) is 46.6 Å². The smallest absolute Gasteiger partial charge is 0.335 e. The van der Waals surface area contributed by atoms with Crippen LogP contribution in [0.1, 0.15) is 55.4 Å². The fourth-order valence-electron chi connectivity index (χ4n) is 3.61. The monoisotopic (exact) mass is 454 g/mol. The Morgan fingerprint density at radius 1 is 0.562 bits per heavy atom. The summed E-state index contributed by atoms with van der Waals surface area (Å²) >= 11 is 0. The average molecular weight is 455 g/mol. The third-order valence-corrected chi connectivity index (χ3v) is 5.94. The number of hydrogen-bond acceptors (Lipinski definition) is 6. The van der Waals surface area contributed by atoms with E-state index in [0.717, 1.165) is 11.1 Å². The molecular weight excluding hydrogens is 412 g/mol. The number of aliphatic hydroxyl groups excluding tert-OH is 5. The van der Waals surface area contributed by atoms with Gasteiger partial charge in [-0.2, -0.15) is 0 Å². The molecule has 0 fully saturated rings. The molecule has 0 amide bonds. The van der Waals surface area contributed by atoms with E-state index in [1.54, 1.807) is 26.8 Å². The second kappa shape index (κ2) is 13.7. The predicted molar refractivity (Wildman–Crippen MR) is 126 cm³/mol. The Morgan fingerprint density at radius 3 is 1.12 bits per heavy atom. The van der Waals surface area contributed by atoms with Crippen molar-refractivity contribution < 1.29 is 35.4 Å². The maximum absolute atomic E-state index is 10.8. The number of hydrogen-bond donors (Lipinski definition) is 6. The molecule has 0 aliphatic rings. The van der Waals surface area contributed by atoms with Crippen molar-refractivity contribution in [1.29, 1.82) is 0 Å². The minimum Gasteiger partial charge on any atom is -0.479 e. The van der Waals surface area contributed by atoms with Crippen LogP contribution in [-0.4, -0.2) is 67.1 Å². The van der Waals surface area contributed by atoms with Gasteiger partial charge in [-0.15, -0.1) is 0 Å². The molecule has 0 aliphatic carbocycles. The van der Waals surface area contributed by atoms with E-state index < -0.39 is 42.4 Å². The van der Waals surface area contributed by atoms with Crippen LogP contribution in [0, 0.1) is 17.8 Å². The van der Waals surface area contributed by atoms with E-state index in [1.165, 1.54) is 13.0 Å². The summed E-state index contributed by atoms with van der Waals surface area (Å²) in [4.78, 5) is 10.8. The highest BCUT2D eigenvalue weighted by molar-refractivity contribution is 5.73. The maximum Gasteiger partial charge on any atom is 0.335 e. The first-order valence-electron chi connectivity index (χ1n) is 11.0. The molecular formula is C25H42O7. The number of rotatable bonds is 12. The van der Waals surface area contributed by atoms with Gasteiger partial charge in [-0.25, -0.2) is 4.79 Å². The quantitative estimate of drug-likeness (QED) is 0.249. The van der Waals surface area contributed by atoms with Crippen LogP contribution < -0.4 is 0 Å². The van der Waals surface area contributed by atoms with Crippen LogP contribution in [0.3, 0.4) is 0 Å². The van der Waals surface area contributed by atoms with Crippen molar-refractivity contribution >= 4 is 5.97 Å².